The predicted octanol–water partition coefficient (Wildman–Crippen LogP) is 1.56. The fraction of sp³-hybridized carbons (Fsp3) is 0.368. The Morgan fingerprint density at radius 3 is 2.52 bits per heavy atom. The lowest BCUT2D eigenvalue weighted by Gasteiger charge is -2.12. The van der Waals surface area contributed by atoms with Gasteiger partial charge in [0, 0.05) is 30.9 Å². The van der Waals surface area contributed by atoms with Gasteiger partial charge in [-0.25, -0.2) is 18.1 Å². The van der Waals surface area contributed by atoms with E-state index >= 15 is 0 Å². The van der Waals surface area contributed by atoms with Crippen LogP contribution in [0.25, 0.3) is 0 Å². The second kappa shape index (κ2) is 10.0. The number of pyridine rings is 1. The second-order valence-corrected chi connectivity index (χ2v) is 8.25. The summed E-state index contributed by atoms with van der Waals surface area (Å²) in [5.74, 6) is 0.244. The lowest BCUT2D eigenvalue weighted by molar-refractivity contribution is 0.569. The minimum Gasteiger partial charge on any atom is -0.370 e. The summed E-state index contributed by atoms with van der Waals surface area (Å²) < 4.78 is 27.0. The predicted molar refractivity (Wildman–Crippen MR) is 109 cm³/mol. The van der Waals surface area contributed by atoms with Gasteiger partial charge < -0.3 is 11.1 Å². The Labute approximate surface area is 161 Å². The summed E-state index contributed by atoms with van der Waals surface area (Å²) in [7, 11) is -3.39. The standard InChI is InChI=1S/C19H27N5O2S/c1-15(2)24-27(25,26)14-17-8-4-3-7-16(17)13-23-19(20)22-12-10-18-9-5-6-11-21-18/h3-9,11,15,24H,10,12-14H2,1-2H3,(H3,20,22,23). The van der Waals surface area contributed by atoms with E-state index in [2.05, 4.69) is 20.0 Å². The van der Waals surface area contributed by atoms with Gasteiger partial charge in [0.1, 0.15) is 0 Å². The van der Waals surface area contributed by atoms with Crippen LogP contribution in [-0.4, -0.2) is 31.9 Å². The number of hydrogen-bond donors (Lipinski definition) is 3. The highest BCUT2D eigenvalue weighted by atomic mass is 32.2. The topological polar surface area (TPSA) is 109 Å². The van der Waals surface area contributed by atoms with Crippen LogP contribution < -0.4 is 15.8 Å². The molecule has 0 unspecified atom stereocenters. The van der Waals surface area contributed by atoms with Crippen LogP contribution in [0.3, 0.4) is 0 Å². The van der Waals surface area contributed by atoms with Crippen LogP contribution in [0.2, 0.25) is 0 Å². The average molecular weight is 390 g/mol. The zero-order valence-electron chi connectivity index (χ0n) is 15.7. The fourth-order valence-corrected chi connectivity index (χ4v) is 4.04. The van der Waals surface area contributed by atoms with E-state index < -0.39 is 10.0 Å². The number of guanidine groups is 1. The minimum atomic E-state index is -3.39. The third-order valence-corrected chi connectivity index (χ3v) is 5.23. The van der Waals surface area contributed by atoms with Crippen molar-refractivity contribution in [1.82, 2.24) is 15.0 Å². The maximum atomic E-state index is 12.2. The molecule has 0 aliphatic rings. The molecule has 1 aromatic heterocycles. The van der Waals surface area contributed by atoms with Crippen LogP contribution in [0, 0.1) is 0 Å². The molecule has 0 saturated heterocycles. The van der Waals surface area contributed by atoms with Gasteiger partial charge in [0.25, 0.3) is 0 Å². The molecule has 0 fully saturated rings. The molecule has 8 heteroatoms. The van der Waals surface area contributed by atoms with Gasteiger partial charge in [0.2, 0.25) is 10.0 Å². The number of aliphatic imine (C=N–C) groups is 1. The first-order chi connectivity index (χ1) is 12.9. The van der Waals surface area contributed by atoms with Gasteiger partial charge in [-0.15, -0.1) is 0 Å². The van der Waals surface area contributed by atoms with Crippen molar-refractivity contribution in [1.29, 1.82) is 0 Å². The first-order valence-corrected chi connectivity index (χ1v) is 10.5. The lowest BCUT2D eigenvalue weighted by atomic mass is 10.1. The van der Waals surface area contributed by atoms with Crippen molar-refractivity contribution in [3.8, 4) is 0 Å². The first-order valence-electron chi connectivity index (χ1n) is 8.86. The highest BCUT2D eigenvalue weighted by Crippen LogP contribution is 2.13. The molecule has 2 aromatic rings. The van der Waals surface area contributed by atoms with E-state index in [0.717, 1.165) is 23.2 Å². The van der Waals surface area contributed by atoms with Gasteiger partial charge in [0.15, 0.2) is 5.96 Å². The molecule has 0 amide bonds. The van der Waals surface area contributed by atoms with Crippen LogP contribution >= 0.6 is 0 Å². The number of sulfonamides is 1. The zero-order valence-corrected chi connectivity index (χ0v) is 16.5. The number of nitrogens with two attached hydrogens (primary N) is 1. The van der Waals surface area contributed by atoms with Crippen molar-refractivity contribution in [3.63, 3.8) is 0 Å². The third kappa shape index (κ3) is 7.76. The Morgan fingerprint density at radius 1 is 1.15 bits per heavy atom. The van der Waals surface area contributed by atoms with E-state index in [1.807, 2.05) is 36.4 Å². The van der Waals surface area contributed by atoms with Crippen LogP contribution in [0.4, 0.5) is 0 Å². The molecular weight excluding hydrogens is 362 g/mol. The highest BCUT2D eigenvalue weighted by molar-refractivity contribution is 7.88. The third-order valence-electron chi connectivity index (χ3n) is 3.71. The van der Waals surface area contributed by atoms with Gasteiger partial charge in [0.05, 0.1) is 12.3 Å². The summed E-state index contributed by atoms with van der Waals surface area (Å²) in [4.78, 5) is 8.58. The zero-order chi connectivity index (χ0) is 19.7. The summed E-state index contributed by atoms with van der Waals surface area (Å²) >= 11 is 0. The normalized spacial score (nSPS) is 12.3. The van der Waals surface area contributed by atoms with Crippen molar-refractivity contribution < 1.29 is 8.42 Å². The first kappa shape index (κ1) is 20.9. The molecule has 0 spiro atoms. The van der Waals surface area contributed by atoms with Gasteiger partial charge in [-0.1, -0.05) is 30.3 Å². The molecule has 4 N–H and O–H groups in total. The van der Waals surface area contributed by atoms with Gasteiger partial charge in [-0.3, -0.25) is 4.98 Å². The van der Waals surface area contributed by atoms with E-state index in [9.17, 15) is 8.42 Å². The van der Waals surface area contributed by atoms with E-state index in [1.165, 1.54) is 0 Å². The van der Waals surface area contributed by atoms with E-state index in [1.54, 1.807) is 26.1 Å². The Balaban J connectivity index is 1.93. The Bertz CT molecular complexity index is 851. The minimum absolute atomic E-state index is 0.0795. The fourth-order valence-electron chi connectivity index (χ4n) is 2.55. The summed E-state index contributed by atoms with van der Waals surface area (Å²) in [6, 6.07) is 13.0. The second-order valence-electron chi connectivity index (χ2n) is 6.50. The summed E-state index contributed by atoms with van der Waals surface area (Å²) in [6.45, 7) is 4.53. The van der Waals surface area contributed by atoms with Crippen LogP contribution in [0.15, 0.2) is 53.7 Å². The SMILES string of the molecule is CC(C)NS(=O)(=O)Cc1ccccc1CN=C(N)NCCc1ccccn1. The monoisotopic (exact) mass is 389 g/mol. The molecule has 27 heavy (non-hydrogen) atoms. The summed E-state index contributed by atoms with van der Waals surface area (Å²) in [6.07, 6.45) is 2.50. The lowest BCUT2D eigenvalue weighted by Crippen LogP contribution is -2.33. The molecule has 0 bridgehead atoms. The average Bonchev–Trinajstić information content (AvgIpc) is 2.60. The molecule has 2 rings (SSSR count). The van der Waals surface area contributed by atoms with Gasteiger partial charge in [-0.2, -0.15) is 0 Å². The van der Waals surface area contributed by atoms with Crippen molar-refractivity contribution in [2.75, 3.05) is 6.54 Å². The molecule has 0 radical (unpaired) electrons. The quantitative estimate of drug-likeness (QED) is 0.445. The Hall–Kier alpha value is -2.45. The molecule has 146 valence electrons. The molecule has 7 nitrogen and oxygen atoms in total. The maximum Gasteiger partial charge on any atom is 0.216 e. The number of rotatable bonds is 9. The molecular formula is C19H27N5O2S. The number of aromatic nitrogens is 1. The van der Waals surface area contributed by atoms with Gasteiger partial charge >= 0.3 is 0 Å². The van der Waals surface area contributed by atoms with Crippen LogP contribution in [-0.2, 0) is 28.7 Å². The number of benzene rings is 1. The molecule has 0 saturated carbocycles. The molecule has 0 aliphatic carbocycles. The number of nitrogens with one attached hydrogen (secondary N) is 2. The molecule has 1 heterocycles. The number of hydrogen-bond acceptors (Lipinski definition) is 4. The van der Waals surface area contributed by atoms with Crippen LogP contribution in [0.1, 0.15) is 30.7 Å². The van der Waals surface area contributed by atoms with E-state index in [0.29, 0.717) is 19.0 Å². The van der Waals surface area contributed by atoms with Crippen molar-refractivity contribution in [2.45, 2.75) is 38.6 Å². The highest BCUT2D eigenvalue weighted by Gasteiger charge is 2.15. The molecule has 1 aromatic carbocycles. The molecule has 0 aliphatic heterocycles. The van der Waals surface area contributed by atoms with Crippen molar-refractivity contribution in [2.24, 2.45) is 10.7 Å². The smallest absolute Gasteiger partial charge is 0.216 e. The van der Waals surface area contributed by atoms with Gasteiger partial charge in [-0.05, 0) is 37.1 Å². The van der Waals surface area contributed by atoms with E-state index in [4.69, 9.17) is 5.73 Å². The Kier molecular flexibility index (Phi) is 7.75. The maximum absolute atomic E-state index is 12.2. The summed E-state index contributed by atoms with van der Waals surface area (Å²) in [5, 5.41) is 3.05. The van der Waals surface area contributed by atoms with Crippen molar-refractivity contribution >= 4 is 16.0 Å². The largest absolute Gasteiger partial charge is 0.370 e. The van der Waals surface area contributed by atoms with Crippen LogP contribution in [0.5, 0.6) is 0 Å². The summed E-state index contributed by atoms with van der Waals surface area (Å²) in [5.41, 5.74) is 8.45. The van der Waals surface area contributed by atoms with E-state index in [-0.39, 0.29) is 11.8 Å². The number of nitrogens with zero attached hydrogens (tertiary/aromatic N) is 2. The molecule has 0 atom stereocenters. The van der Waals surface area contributed by atoms with Crippen molar-refractivity contribution in [3.05, 3.63) is 65.5 Å². The Morgan fingerprint density at radius 2 is 1.85 bits per heavy atom.